The maximum atomic E-state index is 6.09. The molecule has 0 radical (unpaired) electrons. The van der Waals surface area contributed by atoms with Gasteiger partial charge >= 0.3 is 0 Å². The van der Waals surface area contributed by atoms with Crippen molar-refractivity contribution in [3.05, 3.63) is 59.5 Å². The van der Waals surface area contributed by atoms with Gasteiger partial charge in [-0.15, -0.1) is 0 Å². The molecule has 6 nitrogen and oxygen atoms in total. The Labute approximate surface area is 150 Å². The van der Waals surface area contributed by atoms with Crippen molar-refractivity contribution in [1.29, 1.82) is 0 Å². The minimum atomic E-state index is 0.156. The van der Waals surface area contributed by atoms with Crippen LogP contribution in [0.5, 0.6) is 0 Å². The fraction of sp³-hybridized carbons (Fsp3) is 0.278. The third-order valence-electron chi connectivity index (χ3n) is 4.35. The summed E-state index contributed by atoms with van der Waals surface area (Å²) in [5.41, 5.74) is 8.14. The molecule has 1 aromatic carbocycles. The first kappa shape index (κ1) is 16.1. The lowest BCUT2D eigenvalue weighted by molar-refractivity contribution is 0.0974. The van der Waals surface area contributed by atoms with Crippen molar-refractivity contribution in [3.8, 4) is 0 Å². The van der Waals surface area contributed by atoms with Gasteiger partial charge in [-0.3, -0.25) is 0 Å². The Kier molecular flexibility index (Phi) is 4.38. The Morgan fingerprint density at radius 1 is 1.20 bits per heavy atom. The molecule has 3 aromatic rings. The molecule has 2 aromatic heterocycles. The van der Waals surface area contributed by atoms with Crippen molar-refractivity contribution in [3.63, 3.8) is 0 Å². The molecule has 0 amide bonds. The normalized spacial score (nSPS) is 19.7. The first-order valence-corrected chi connectivity index (χ1v) is 8.54. The zero-order chi connectivity index (χ0) is 17.2. The van der Waals surface area contributed by atoms with Crippen molar-refractivity contribution < 1.29 is 4.74 Å². The third-order valence-corrected chi connectivity index (χ3v) is 4.61. The number of aromatic nitrogens is 4. The summed E-state index contributed by atoms with van der Waals surface area (Å²) in [7, 11) is 0. The fourth-order valence-corrected chi connectivity index (χ4v) is 3.35. The lowest BCUT2D eigenvalue weighted by atomic mass is 10.1. The topological polar surface area (TPSA) is 78.8 Å². The second-order valence-electron chi connectivity index (χ2n) is 6.15. The molecule has 25 heavy (non-hydrogen) atoms. The van der Waals surface area contributed by atoms with Crippen LogP contribution < -0.4 is 5.73 Å². The van der Waals surface area contributed by atoms with Gasteiger partial charge in [-0.05, 0) is 12.0 Å². The monoisotopic (exact) mass is 355 g/mol. The number of benzene rings is 1. The van der Waals surface area contributed by atoms with E-state index in [9.17, 15) is 0 Å². The van der Waals surface area contributed by atoms with Gasteiger partial charge in [-0.1, -0.05) is 54.1 Å². The SMILES string of the molecule is Nc1nc(Cl)c2ncn([C@@H]3C=C[C@H](COCc4ccccc4)C3)c2n1. The molecule has 2 heterocycles. The Bertz CT molecular complexity index is 908. The predicted octanol–water partition coefficient (Wildman–Crippen LogP) is 3.40. The number of imidazole rings is 1. The second kappa shape index (κ2) is 6.82. The molecule has 0 aliphatic heterocycles. The molecule has 1 aliphatic rings. The quantitative estimate of drug-likeness (QED) is 0.560. The van der Waals surface area contributed by atoms with E-state index >= 15 is 0 Å². The van der Waals surface area contributed by atoms with Gasteiger partial charge in [0.2, 0.25) is 5.95 Å². The largest absolute Gasteiger partial charge is 0.376 e. The van der Waals surface area contributed by atoms with Crippen LogP contribution in [0.25, 0.3) is 11.2 Å². The molecule has 2 atom stereocenters. The summed E-state index contributed by atoms with van der Waals surface area (Å²) in [5, 5.41) is 0.283. The molecule has 2 N–H and O–H groups in total. The fourth-order valence-electron chi connectivity index (χ4n) is 3.13. The van der Waals surface area contributed by atoms with Crippen LogP contribution in [0.2, 0.25) is 5.15 Å². The van der Waals surface area contributed by atoms with Crippen molar-refractivity contribution in [2.75, 3.05) is 12.3 Å². The number of allylic oxidation sites excluding steroid dienone is 1. The zero-order valence-corrected chi connectivity index (χ0v) is 14.3. The highest BCUT2D eigenvalue weighted by Crippen LogP contribution is 2.31. The Morgan fingerprint density at radius 3 is 2.88 bits per heavy atom. The number of fused-ring (bicyclic) bond motifs is 1. The van der Waals surface area contributed by atoms with Gasteiger partial charge in [-0.2, -0.15) is 9.97 Å². The summed E-state index contributed by atoms with van der Waals surface area (Å²) in [6.07, 6.45) is 7.02. The molecule has 128 valence electrons. The standard InChI is InChI=1S/C18H18ClN5O/c19-16-15-17(23-18(20)22-16)24(11-21-15)14-7-6-13(8-14)10-25-9-12-4-2-1-3-5-12/h1-7,11,13-14H,8-10H2,(H2,20,22,23)/t13-,14+/m0/s1. The van der Waals surface area contributed by atoms with Gasteiger partial charge in [0.15, 0.2) is 10.8 Å². The van der Waals surface area contributed by atoms with Crippen molar-refractivity contribution in [2.45, 2.75) is 19.1 Å². The van der Waals surface area contributed by atoms with Crippen LogP contribution in [0.1, 0.15) is 18.0 Å². The predicted molar refractivity (Wildman–Crippen MR) is 97.1 cm³/mol. The smallest absolute Gasteiger partial charge is 0.223 e. The van der Waals surface area contributed by atoms with E-state index in [1.165, 1.54) is 5.56 Å². The number of nitrogens with zero attached hydrogens (tertiary/aromatic N) is 4. The molecule has 7 heteroatoms. The lowest BCUT2D eigenvalue weighted by Gasteiger charge is -2.14. The molecule has 0 spiro atoms. The molecule has 0 saturated heterocycles. The average Bonchev–Trinajstić information content (AvgIpc) is 3.22. The van der Waals surface area contributed by atoms with E-state index in [-0.39, 0.29) is 17.1 Å². The van der Waals surface area contributed by atoms with Gasteiger partial charge in [0, 0.05) is 5.92 Å². The van der Waals surface area contributed by atoms with Crippen LogP contribution in [0, 0.1) is 5.92 Å². The van der Waals surface area contributed by atoms with Gasteiger partial charge in [0.25, 0.3) is 0 Å². The second-order valence-corrected chi connectivity index (χ2v) is 6.50. The highest BCUT2D eigenvalue weighted by Gasteiger charge is 2.23. The maximum absolute atomic E-state index is 6.09. The summed E-state index contributed by atoms with van der Waals surface area (Å²) in [5.74, 6) is 0.518. The lowest BCUT2D eigenvalue weighted by Crippen LogP contribution is -2.10. The number of nitrogens with two attached hydrogens (primary N) is 1. The molecule has 1 aliphatic carbocycles. The molecule has 0 fully saturated rings. The molecule has 0 bridgehead atoms. The highest BCUT2D eigenvalue weighted by molar-refractivity contribution is 6.33. The van der Waals surface area contributed by atoms with E-state index in [1.807, 2.05) is 22.8 Å². The summed E-state index contributed by atoms with van der Waals surface area (Å²) in [6, 6.07) is 10.4. The van der Waals surface area contributed by atoms with Crippen LogP contribution >= 0.6 is 11.6 Å². The first-order valence-electron chi connectivity index (χ1n) is 8.16. The molecular weight excluding hydrogens is 338 g/mol. The van der Waals surface area contributed by atoms with E-state index < -0.39 is 0 Å². The highest BCUT2D eigenvalue weighted by atomic mass is 35.5. The minimum Gasteiger partial charge on any atom is -0.376 e. The number of nitrogen functional groups attached to an aromatic ring is 1. The number of hydrogen-bond donors (Lipinski definition) is 1. The van der Waals surface area contributed by atoms with Crippen LogP contribution in [0.3, 0.4) is 0 Å². The van der Waals surface area contributed by atoms with E-state index in [2.05, 4.69) is 39.2 Å². The number of anilines is 1. The van der Waals surface area contributed by atoms with Crippen LogP contribution in [0.4, 0.5) is 5.95 Å². The van der Waals surface area contributed by atoms with E-state index in [0.29, 0.717) is 30.3 Å². The van der Waals surface area contributed by atoms with E-state index in [4.69, 9.17) is 22.1 Å². The Morgan fingerprint density at radius 2 is 2.04 bits per heavy atom. The van der Waals surface area contributed by atoms with Crippen LogP contribution in [0.15, 0.2) is 48.8 Å². The van der Waals surface area contributed by atoms with Crippen LogP contribution in [-0.4, -0.2) is 26.1 Å². The summed E-state index contributed by atoms with van der Waals surface area (Å²) >= 11 is 6.09. The Hall–Kier alpha value is -2.44. The number of halogens is 1. The summed E-state index contributed by atoms with van der Waals surface area (Å²) < 4.78 is 7.85. The molecule has 4 rings (SSSR count). The van der Waals surface area contributed by atoms with Gasteiger partial charge in [0.05, 0.1) is 25.6 Å². The minimum absolute atomic E-state index is 0.156. The summed E-state index contributed by atoms with van der Waals surface area (Å²) in [6.45, 7) is 1.32. The number of ether oxygens (including phenoxy) is 1. The van der Waals surface area contributed by atoms with Gasteiger partial charge in [-0.25, -0.2) is 4.98 Å². The molecular formula is C18H18ClN5O. The molecule has 0 unspecified atom stereocenters. The maximum Gasteiger partial charge on any atom is 0.223 e. The number of hydrogen-bond acceptors (Lipinski definition) is 5. The zero-order valence-electron chi connectivity index (χ0n) is 13.5. The van der Waals surface area contributed by atoms with Crippen LogP contribution in [-0.2, 0) is 11.3 Å². The number of rotatable bonds is 5. The first-order chi connectivity index (χ1) is 12.2. The average molecular weight is 356 g/mol. The summed E-state index contributed by atoms with van der Waals surface area (Å²) in [4.78, 5) is 12.5. The van der Waals surface area contributed by atoms with Crippen molar-refractivity contribution >= 4 is 28.7 Å². The van der Waals surface area contributed by atoms with Crippen molar-refractivity contribution in [2.24, 2.45) is 5.92 Å². The van der Waals surface area contributed by atoms with E-state index in [0.717, 1.165) is 6.42 Å². The molecule has 0 saturated carbocycles. The van der Waals surface area contributed by atoms with E-state index in [1.54, 1.807) is 6.33 Å². The van der Waals surface area contributed by atoms with Gasteiger partial charge < -0.3 is 15.0 Å². The third kappa shape index (κ3) is 3.36. The van der Waals surface area contributed by atoms with Gasteiger partial charge in [0.1, 0.15) is 5.52 Å². The van der Waals surface area contributed by atoms with Crippen molar-refractivity contribution in [1.82, 2.24) is 19.5 Å². The Balaban J connectivity index is 1.40.